The second-order valence-electron chi connectivity index (χ2n) is 7.69. The Morgan fingerprint density at radius 1 is 1.11 bits per heavy atom. The minimum atomic E-state index is -0.353. The molecule has 0 saturated carbocycles. The fourth-order valence-electron chi connectivity index (χ4n) is 3.70. The monoisotopic (exact) mass is 380 g/mol. The van der Waals surface area contributed by atoms with Crippen molar-refractivity contribution < 1.29 is 9.47 Å². The van der Waals surface area contributed by atoms with E-state index in [4.69, 9.17) is 9.47 Å². The van der Waals surface area contributed by atoms with Crippen LogP contribution in [-0.4, -0.2) is 6.61 Å². The summed E-state index contributed by atoms with van der Waals surface area (Å²) in [6.45, 7) is 16.9. The molecule has 0 amide bonds. The Morgan fingerprint density at radius 2 is 1.86 bits per heavy atom. The van der Waals surface area contributed by atoms with E-state index in [-0.39, 0.29) is 5.60 Å². The lowest BCUT2D eigenvalue weighted by molar-refractivity contribution is 0.105. The molecule has 28 heavy (non-hydrogen) atoms. The van der Waals surface area contributed by atoms with Gasteiger partial charge in [-0.05, 0) is 56.9 Å². The number of fused-ring (bicyclic) bond motifs is 3. The van der Waals surface area contributed by atoms with E-state index in [1.807, 2.05) is 13.8 Å². The molecule has 0 radical (unpaired) electrons. The molecule has 2 heteroatoms. The average molecular weight is 381 g/mol. The molecule has 2 aromatic rings. The van der Waals surface area contributed by atoms with Crippen LogP contribution in [0.1, 0.15) is 70.6 Å². The van der Waals surface area contributed by atoms with Crippen molar-refractivity contribution in [3.63, 3.8) is 0 Å². The summed E-state index contributed by atoms with van der Waals surface area (Å²) in [4.78, 5) is 0. The van der Waals surface area contributed by atoms with Crippen LogP contribution in [0.3, 0.4) is 0 Å². The van der Waals surface area contributed by atoms with Crippen molar-refractivity contribution in [2.45, 2.75) is 72.8 Å². The van der Waals surface area contributed by atoms with Crippen LogP contribution in [0, 0.1) is 6.92 Å². The molecule has 0 bridgehead atoms. The minimum absolute atomic E-state index is 0.353. The molecule has 0 aromatic heterocycles. The quantitative estimate of drug-likeness (QED) is 0.363. The van der Waals surface area contributed by atoms with Crippen molar-refractivity contribution in [2.24, 2.45) is 0 Å². The molecule has 0 aliphatic carbocycles. The van der Waals surface area contributed by atoms with E-state index in [1.165, 1.54) is 41.5 Å². The van der Waals surface area contributed by atoms with E-state index in [9.17, 15) is 0 Å². The van der Waals surface area contributed by atoms with Crippen LogP contribution >= 0.6 is 0 Å². The molecular formula is C26H36O2. The number of benzene rings is 2. The van der Waals surface area contributed by atoms with Gasteiger partial charge < -0.3 is 9.47 Å². The fourth-order valence-corrected chi connectivity index (χ4v) is 3.70. The molecule has 152 valence electrons. The molecule has 0 saturated heterocycles. The topological polar surface area (TPSA) is 18.5 Å². The van der Waals surface area contributed by atoms with Crippen LogP contribution in [0.4, 0.5) is 0 Å². The zero-order valence-corrected chi connectivity index (χ0v) is 18.5. The van der Waals surface area contributed by atoms with Gasteiger partial charge >= 0.3 is 0 Å². The second kappa shape index (κ2) is 9.82. The summed E-state index contributed by atoms with van der Waals surface area (Å²) in [6.07, 6.45) is 6.50. The van der Waals surface area contributed by atoms with E-state index in [0.717, 1.165) is 23.5 Å². The number of ether oxygens (including phenoxy) is 2. The highest BCUT2D eigenvalue weighted by Gasteiger charge is 2.34. The molecule has 0 unspecified atom stereocenters. The van der Waals surface area contributed by atoms with Crippen molar-refractivity contribution >= 4 is 0 Å². The van der Waals surface area contributed by atoms with Crippen LogP contribution in [-0.2, 0) is 12.0 Å². The molecule has 1 aliphatic rings. The van der Waals surface area contributed by atoms with Crippen molar-refractivity contribution in [3.8, 4) is 22.6 Å². The third kappa shape index (κ3) is 4.79. The fraction of sp³-hybridized carbons (Fsp3) is 0.462. The Labute approximate surface area is 171 Å². The van der Waals surface area contributed by atoms with Gasteiger partial charge in [0, 0.05) is 5.56 Å². The molecule has 0 N–H and O–H groups in total. The van der Waals surface area contributed by atoms with Crippen LogP contribution < -0.4 is 9.47 Å². The molecule has 0 fully saturated rings. The molecule has 1 heterocycles. The zero-order valence-electron chi connectivity index (χ0n) is 18.5. The van der Waals surface area contributed by atoms with Gasteiger partial charge in [-0.2, -0.15) is 0 Å². The first-order valence-electron chi connectivity index (χ1n) is 10.7. The van der Waals surface area contributed by atoms with Gasteiger partial charge in [-0.25, -0.2) is 0 Å². The Kier molecular flexibility index (Phi) is 7.74. The lowest BCUT2D eigenvalue weighted by atomic mass is 9.84. The summed E-state index contributed by atoms with van der Waals surface area (Å²) in [5.41, 5.74) is 5.67. The molecule has 0 spiro atoms. The molecule has 3 rings (SSSR count). The van der Waals surface area contributed by atoms with Crippen molar-refractivity contribution in [3.05, 3.63) is 59.7 Å². The lowest BCUT2D eigenvalue weighted by Gasteiger charge is -2.36. The van der Waals surface area contributed by atoms with Crippen LogP contribution in [0.15, 0.2) is 43.0 Å². The minimum Gasteiger partial charge on any atom is -0.489 e. The molecule has 0 atom stereocenters. The molecule has 2 aromatic carbocycles. The smallest absolute Gasteiger partial charge is 0.132 e. The summed E-state index contributed by atoms with van der Waals surface area (Å²) in [5, 5.41) is 0. The molecular weight excluding hydrogens is 344 g/mol. The number of aryl methyl sites for hydroxylation is 2. The summed E-state index contributed by atoms with van der Waals surface area (Å²) < 4.78 is 12.5. The Bertz CT molecular complexity index is 802. The highest BCUT2D eigenvalue weighted by molar-refractivity contribution is 5.82. The van der Waals surface area contributed by atoms with E-state index in [0.29, 0.717) is 6.61 Å². The van der Waals surface area contributed by atoms with Crippen LogP contribution in [0.5, 0.6) is 11.5 Å². The largest absolute Gasteiger partial charge is 0.489 e. The van der Waals surface area contributed by atoms with Gasteiger partial charge in [0.25, 0.3) is 0 Å². The SMILES string of the molecule is C=CCOc1cc(CCCCC)cc2c1-c1cc(C)ccc1C(C)(C)O2.CC. The van der Waals surface area contributed by atoms with E-state index >= 15 is 0 Å². The van der Waals surface area contributed by atoms with Crippen LogP contribution in [0.2, 0.25) is 0 Å². The highest BCUT2D eigenvalue weighted by atomic mass is 16.5. The van der Waals surface area contributed by atoms with E-state index in [1.54, 1.807) is 6.08 Å². The predicted octanol–water partition coefficient (Wildman–Crippen LogP) is 7.61. The second-order valence-corrected chi connectivity index (χ2v) is 7.69. The first kappa shape index (κ1) is 22.1. The van der Waals surface area contributed by atoms with Gasteiger partial charge in [0.1, 0.15) is 23.7 Å². The Morgan fingerprint density at radius 3 is 2.54 bits per heavy atom. The van der Waals surface area contributed by atoms with Crippen molar-refractivity contribution in [1.29, 1.82) is 0 Å². The van der Waals surface area contributed by atoms with Crippen molar-refractivity contribution in [2.75, 3.05) is 6.61 Å². The van der Waals surface area contributed by atoms with Gasteiger partial charge in [-0.3, -0.25) is 0 Å². The normalized spacial score (nSPS) is 13.4. The number of rotatable bonds is 7. The first-order valence-corrected chi connectivity index (χ1v) is 10.7. The number of unbranched alkanes of at least 4 members (excludes halogenated alkanes) is 2. The third-order valence-electron chi connectivity index (χ3n) is 5.01. The summed E-state index contributed by atoms with van der Waals surface area (Å²) in [5.74, 6) is 1.83. The van der Waals surface area contributed by atoms with E-state index in [2.05, 4.69) is 64.6 Å². The van der Waals surface area contributed by atoms with Gasteiger partial charge in [0.2, 0.25) is 0 Å². The number of hydrogen-bond acceptors (Lipinski definition) is 2. The summed E-state index contributed by atoms with van der Waals surface area (Å²) >= 11 is 0. The third-order valence-corrected chi connectivity index (χ3v) is 5.01. The van der Waals surface area contributed by atoms with Gasteiger partial charge in [0.15, 0.2) is 0 Å². The predicted molar refractivity (Wildman–Crippen MR) is 121 cm³/mol. The maximum absolute atomic E-state index is 6.45. The Hall–Kier alpha value is -2.22. The summed E-state index contributed by atoms with van der Waals surface area (Å²) in [6, 6.07) is 11.0. The van der Waals surface area contributed by atoms with Gasteiger partial charge in [-0.1, -0.05) is 70.0 Å². The zero-order chi connectivity index (χ0) is 20.7. The van der Waals surface area contributed by atoms with Crippen LogP contribution in [0.25, 0.3) is 11.1 Å². The van der Waals surface area contributed by atoms with E-state index < -0.39 is 0 Å². The highest BCUT2D eigenvalue weighted by Crippen LogP contribution is 2.50. The van der Waals surface area contributed by atoms with Gasteiger partial charge in [-0.15, -0.1) is 0 Å². The Balaban J connectivity index is 0.00000136. The molecule has 1 aliphatic heterocycles. The van der Waals surface area contributed by atoms with Crippen molar-refractivity contribution in [1.82, 2.24) is 0 Å². The van der Waals surface area contributed by atoms with Gasteiger partial charge in [0.05, 0.1) is 5.56 Å². The first-order chi connectivity index (χ1) is 13.5. The lowest BCUT2D eigenvalue weighted by Crippen LogP contribution is -2.29. The summed E-state index contributed by atoms with van der Waals surface area (Å²) in [7, 11) is 0. The molecule has 2 nitrogen and oxygen atoms in total. The average Bonchev–Trinajstić information content (AvgIpc) is 2.67. The maximum atomic E-state index is 6.45. The standard InChI is InChI=1S/C24H30O2.C2H6/c1-6-8-9-10-18-15-21(25-13-7-2)23-19-14-17(3)11-12-20(19)24(4,5)26-22(23)16-18;1-2/h7,11-12,14-16H,2,6,8-10,13H2,1,3-5H3;1-2H3. The maximum Gasteiger partial charge on any atom is 0.132 e. The number of hydrogen-bond donors (Lipinski definition) is 0.